The summed E-state index contributed by atoms with van der Waals surface area (Å²) in [6, 6.07) is 30.9. The number of carbonyl (C=O) groups excluding carboxylic acids is 2. The molecule has 0 saturated heterocycles. The van der Waals surface area contributed by atoms with Crippen LogP contribution in [0, 0.1) is 0 Å². The van der Waals surface area contributed by atoms with Crippen LogP contribution in [0.1, 0.15) is 45.0 Å². The van der Waals surface area contributed by atoms with E-state index in [1.165, 1.54) is 11.1 Å². The lowest BCUT2D eigenvalue weighted by Crippen LogP contribution is -2.23. The van der Waals surface area contributed by atoms with Gasteiger partial charge in [-0.3, -0.25) is 4.79 Å². The lowest BCUT2D eigenvalue weighted by Gasteiger charge is -2.10. The molecule has 4 aromatic rings. The molecular weight excluding hydrogens is 516 g/mol. The number of nitrogens with two attached hydrogens (primary N) is 1. The molecule has 1 aliphatic carbocycles. The van der Waals surface area contributed by atoms with Gasteiger partial charge in [-0.05, 0) is 65.1 Å². The zero-order chi connectivity index (χ0) is 28.6. The number of ether oxygens (including phenoxy) is 2. The van der Waals surface area contributed by atoms with Gasteiger partial charge < -0.3 is 31.2 Å². The number of carbonyl (C=O) groups is 2. The van der Waals surface area contributed by atoms with Gasteiger partial charge in [0.05, 0.1) is 18.5 Å². The predicted molar refractivity (Wildman–Crippen MR) is 160 cm³/mol. The molecule has 0 bridgehead atoms. The largest absolute Gasteiger partial charge is 0.497 e. The molecule has 0 aliphatic heterocycles. The highest BCUT2D eigenvalue weighted by Crippen LogP contribution is 2.41. The zero-order valence-electron chi connectivity index (χ0n) is 22.9. The van der Waals surface area contributed by atoms with Crippen molar-refractivity contribution in [3.05, 3.63) is 125 Å². The number of hydrogen-bond donors (Lipinski definition) is 4. The maximum absolute atomic E-state index is 12.5. The van der Waals surface area contributed by atoms with Crippen molar-refractivity contribution in [3.8, 4) is 5.75 Å². The third-order valence-electron chi connectivity index (χ3n) is 7.16. The molecule has 2 atom stereocenters. The highest BCUT2D eigenvalue weighted by Gasteiger charge is 2.37. The Morgan fingerprint density at radius 2 is 1.49 bits per heavy atom. The van der Waals surface area contributed by atoms with Gasteiger partial charge in [-0.25, -0.2) is 4.79 Å². The fourth-order valence-corrected chi connectivity index (χ4v) is 4.60. The molecule has 5 rings (SSSR count). The van der Waals surface area contributed by atoms with Crippen LogP contribution >= 0.6 is 0 Å². The molecule has 0 heterocycles. The molecule has 0 radical (unpaired) electrons. The number of nitrogen functional groups attached to an aromatic ring is 1. The number of methoxy groups -OCH3 is 1. The van der Waals surface area contributed by atoms with E-state index in [1.54, 1.807) is 43.5 Å². The molecule has 2 amide bonds. The first-order valence-corrected chi connectivity index (χ1v) is 13.6. The number of hydrogen-bond acceptors (Lipinski definition) is 6. The summed E-state index contributed by atoms with van der Waals surface area (Å²) in [4.78, 5) is 24.7. The van der Waals surface area contributed by atoms with Crippen molar-refractivity contribution in [1.82, 2.24) is 10.6 Å². The molecule has 1 unspecified atom stereocenters. The van der Waals surface area contributed by atoms with E-state index in [0.717, 1.165) is 29.8 Å². The van der Waals surface area contributed by atoms with Crippen LogP contribution in [-0.2, 0) is 24.4 Å². The Labute approximate surface area is 239 Å². The van der Waals surface area contributed by atoms with Crippen LogP contribution in [-0.4, -0.2) is 25.2 Å². The maximum Gasteiger partial charge on any atom is 0.407 e. The highest BCUT2D eigenvalue weighted by atomic mass is 16.5. The van der Waals surface area contributed by atoms with Crippen LogP contribution < -0.4 is 26.4 Å². The van der Waals surface area contributed by atoms with Crippen molar-refractivity contribution in [3.63, 3.8) is 0 Å². The van der Waals surface area contributed by atoms with Crippen LogP contribution in [0.25, 0.3) is 0 Å². The van der Waals surface area contributed by atoms with Gasteiger partial charge in [-0.1, -0.05) is 60.7 Å². The Morgan fingerprint density at radius 3 is 2.20 bits per heavy atom. The standard InChI is InChI=1S/C33H34N4O4/c1-40-27-16-10-23(11-17-27)19-35-31-18-28(31)25-12-8-24(9-13-25)21-41-33(39)36-20-22-6-14-26(15-7-22)32(38)37-30-5-3-2-4-29(30)34/h2-17,28,31,35H,18-21,34H2,1H3,(H,36,39)(H,37,38)/t28?,31-/m0/s1. The van der Waals surface area contributed by atoms with Gasteiger partial charge in [0, 0.05) is 30.6 Å². The van der Waals surface area contributed by atoms with E-state index in [9.17, 15) is 9.59 Å². The number of nitrogens with one attached hydrogen (secondary N) is 3. The summed E-state index contributed by atoms with van der Waals surface area (Å²) in [7, 11) is 1.67. The second kappa shape index (κ2) is 13.0. The minimum absolute atomic E-state index is 0.192. The number of rotatable bonds is 11. The number of alkyl carbamates (subject to hydrolysis) is 1. The lowest BCUT2D eigenvalue weighted by atomic mass is 10.1. The van der Waals surface area contributed by atoms with E-state index in [0.29, 0.717) is 28.9 Å². The van der Waals surface area contributed by atoms with Crippen molar-refractivity contribution >= 4 is 23.4 Å². The summed E-state index contributed by atoms with van der Waals surface area (Å²) in [6.07, 6.45) is 0.613. The van der Waals surface area contributed by atoms with Crippen molar-refractivity contribution in [1.29, 1.82) is 0 Å². The third kappa shape index (κ3) is 7.64. The molecule has 1 fully saturated rings. The predicted octanol–water partition coefficient (Wildman–Crippen LogP) is 5.60. The molecule has 1 aliphatic rings. The summed E-state index contributed by atoms with van der Waals surface area (Å²) < 4.78 is 10.6. The van der Waals surface area contributed by atoms with Crippen LogP contribution in [0.3, 0.4) is 0 Å². The molecular formula is C33H34N4O4. The van der Waals surface area contributed by atoms with Crippen molar-refractivity contribution in [2.24, 2.45) is 0 Å². The molecule has 0 aromatic heterocycles. The van der Waals surface area contributed by atoms with Gasteiger partial charge in [-0.15, -0.1) is 0 Å². The number of amides is 2. The van der Waals surface area contributed by atoms with E-state index in [4.69, 9.17) is 15.2 Å². The summed E-state index contributed by atoms with van der Waals surface area (Å²) in [5.41, 5.74) is 11.7. The average Bonchev–Trinajstić information content (AvgIpc) is 3.79. The minimum Gasteiger partial charge on any atom is -0.497 e. The van der Waals surface area contributed by atoms with Crippen molar-refractivity contribution < 1.29 is 19.1 Å². The molecule has 0 spiro atoms. The maximum atomic E-state index is 12.5. The Bertz CT molecular complexity index is 1470. The smallest absolute Gasteiger partial charge is 0.407 e. The molecule has 4 aromatic carbocycles. The van der Waals surface area contributed by atoms with E-state index >= 15 is 0 Å². The second-order valence-corrected chi connectivity index (χ2v) is 10.1. The Kier molecular flexibility index (Phi) is 8.81. The van der Waals surface area contributed by atoms with Gasteiger partial charge in [0.25, 0.3) is 5.91 Å². The van der Waals surface area contributed by atoms with Gasteiger partial charge >= 0.3 is 6.09 Å². The number of para-hydroxylation sites is 2. The van der Waals surface area contributed by atoms with Crippen LogP contribution in [0.4, 0.5) is 16.2 Å². The molecule has 8 heteroatoms. The van der Waals surface area contributed by atoms with E-state index < -0.39 is 6.09 Å². The molecule has 210 valence electrons. The molecule has 41 heavy (non-hydrogen) atoms. The Morgan fingerprint density at radius 1 is 0.829 bits per heavy atom. The van der Waals surface area contributed by atoms with Crippen LogP contribution in [0.2, 0.25) is 0 Å². The van der Waals surface area contributed by atoms with Crippen molar-refractivity contribution in [2.75, 3.05) is 18.2 Å². The van der Waals surface area contributed by atoms with Gasteiger partial charge in [-0.2, -0.15) is 0 Å². The Hall–Kier alpha value is -4.82. The fourth-order valence-electron chi connectivity index (χ4n) is 4.60. The van der Waals surface area contributed by atoms with Crippen LogP contribution in [0.5, 0.6) is 5.75 Å². The Balaban J connectivity index is 1.01. The zero-order valence-corrected chi connectivity index (χ0v) is 22.9. The first-order chi connectivity index (χ1) is 20.0. The SMILES string of the molecule is COc1ccc(CN[C@H]2CC2c2ccc(COC(=O)NCc3ccc(C(=O)Nc4ccccc4N)cc3)cc2)cc1. The van der Waals surface area contributed by atoms with E-state index in [1.807, 2.05) is 36.4 Å². The fraction of sp³-hybridized carbons (Fsp3) is 0.212. The van der Waals surface area contributed by atoms with E-state index in [-0.39, 0.29) is 19.1 Å². The summed E-state index contributed by atoms with van der Waals surface area (Å²) in [5, 5.41) is 9.17. The average molecular weight is 551 g/mol. The highest BCUT2D eigenvalue weighted by molar-refractivity contribution is 6.05. The molecule has 8 nitrogen and oxygen atoms in total. The monoisotopic (exact) mass is 550 g/mol. The van der Waals surface area contributed by atoms with Gasteiger partial charge in [0.15, 0.2) is 0 Å². The first-order valence-electron chi connectivity index (χ1n) is 13.6. The lowest BCUT2D eigenvalue weighted by molar-refractivity contribution is 0.102. The number of anilines is 2. The van der Waals surface area contributed by atoms with Gasteiger partial charge in [0.1, 0.15) is 12.4 Å². The third-order valence-corrected chi connectivity index (χ3v) is 7.16. The van der Waals surface area contributed by atoms with Crippen LogP contribution in [0.15, 0.2) is 97.1 Å². The number of benzene rings is 4. The normalized spacial score (nSPS) is 15.5. The second-order valence-electron chi connectivity index (χ2n) is 10.1. The summed E-state index contributed by atoms with van der Waals surface area (Å²) in [5.74, 6) is 1.11. The first kappa shape index (κ1) is 27.7. The van der Waals surface area contributed by atoms with Crippen molar-refractivity contribution in [2.45, 2.75) is 38.1 Å². The minimum atomic E-state index is -0.500. The quantitative estimate of drug-likeness (QED) is 0.181. The molecule has 1 saturated carbocycles. The summed E-state index contributed by atoms with van der Waals surface area (Å²) >= 11 is 0. The van der Waals surface area contributed by atoms with E-state index in [2.05, 4.69) is 40.2 Å². The molecule has 5 N–H and O–H groups in total. The summed E-state index contributed by atoms with van der Waals surface area (Å²) in [6.45, 7) is 1.31. The van der Waals surface area contributed by atoms with Gasteiger partial charge in [0.2, 0.25) is 0 Å². The topological polar surface area (TPSA) is 115 Å².